The lowest BCUT2D eigenvalue weighted by molar-refractivity contribution is 0.447. The van der Waals surface area contributed by atoms with Gasteiger partial charge in [0.1, 0.15) is 0 Å². The maximum atomic E-state index is 7.26. The van der Waals surface area contributed by atoms with E-state index >= 15 is 0 Å². The van der Waals surface area contributed by atoms with Gasteiger partial charge in [0.15, 0.2) is 6.71 Å². The lowest BCUT2D eigenvalue weighted by Crippen LogP contribution is -2.49. The molecule has 26 heavy (non-hydrogen) atoms. The third-order valence-corrected chi connectivity index (χ3v) is 11.2. The van der Waals surface area contributed by atoms with E-state index in [1.54, 1.807) is 0 Å². The van der Waals surface area contributed by atoms with E-state index in [1.165, 1.54) is 49.2 Å². The maximum Gasteiger partial charge on any atom is 0.298 e. The Morgan fingerprint density at radius 3 is 1.85 bits per heavy atom. The van der Waals surface area contributed by atoms with Crippen molar-refractivity contribution in [3.8, 4) is 0 Å². The van der Waals surface area contributed by atoms with E-state index in [2.05, 4.69) is 60.7 Å². The Morgan fingerprint density at radius 2 is 1.31 bits per heavy atom. The Bertz CT molecular complexity index is 738. The summed E-state index contributed by atoms with van der Waals surface area (Å²) in [5.41, 5.74) is 1.22. The maximum absolute atomic E-state index is 7.26. The molecule has 0 amide bonds. The van der Waals surface area contributed by atoms with Crippen molar-refractivity contribution in [3.05, 3.63) is 71.3 Å². The van der Waals surface area contributed by atoms with Gasteiger partial charge in [-0.1, -0.05) is 122 Å². The molecule has 2 aliphatic rings. The lowest BCUT2D eigenvalue weighted by Gasteiger charge is -2.44. The van der Waals surface area contributed by atoms with Crippen molar-refractivity contribution in [1.82, 2.24) is 0 Å². The van der Waals surface area contributed by atoms with Crippen LogP contribution >= 0.6 is 22.2 Å². The Balaban J connectivity index is 1.81. The average molecular weight is 399 g/mol. The molecule has 0 nitrogen and oxygen atoms in total. The van der Waals surface area contributed by atoms with E-state index in [0.717, 1.165) is 16.8 Å². The van der Waals surface area contributed by atoms with Crippen LogP contribution in [0.1, 0.15) is 44.1 Å². The van der Waals surface area contributed by atoms with Crippen LogP contribution in [-0.4, -0.2) is 13.4 Å². The fourth-order valence-corrected chi connectivity index (χ4v) is 9.14. The Morgan fingerprint density at radius 1 is 0.808 bits per heavy atom. The number of benzene rings is 2. The van der Waals surface area contributed by atoms with Crippen LogP contribution in [0.4, 0.5) is 0 Å². The molecule has 2 saturated heterocycles. The molecule has 0 aromatic heterocycles. The first-order chi connectivity index (χ1) is 12.7. The zero-order valence-electron chi connectivity index (χ0n) is 15.1. The number of hydrogen-bond acceptors (Lipinski definition) is 0. The van der Waals surface area contributed by atoms with E-state index in [9.17, 15) is 0 Å². The monoisotopic (exact) mass is 398 g/mol. The van der Waals surface area contributed by atoms with Gasteiger partial charge in [-0.25, -0.2) is 0 Å². The summed E-state index contributed by atoms with van der Waals surface area (Å²) in [5.74, 6) is 1.51. The summed E-state index contributed by atoms with van der Waals surface area (Å²) in [7, 11) is 0. The highest BCUT2D eigenvalue weighted by molar-refractivity contribution is 7.56. The first kappa shape index (κ1) is 18.4. The Labute approximate surface area is 168 Å². The molecule has 2 heterocycles. The molecule has 2 fully saturated rings. The molecule has 0 aliphatic carbocycles. The normalized spacial score (nSPS) is 23.8. The van der Waals surface area contributed by atoms with Crippen LogP contribution in [0.5, 0.6) is 0 Å². The summed E-state index contributed by atoms with van der Waals surface area (Å²) in [5, 5.41) is 2.46. The van der Waals surface area contributed by atoms with Gasteiger partial charge in [0.25, 0.3) is 6.69 Å². The molecule has 0 N–H and O–H groups in total. The van der Waals surface area contributed by atoms with Gasteiger partial charge in [-0.3, -0.25) is 0 Å². The summed E-state index contributed by atoms with van der Waals surface area (Å²) in [6.07, 6.45) is 10.4. The minimum Gasteiger partial charge on any atom is -0.135 e. The van der Waals surface area contributed by atoms with Gasteiger partial charge < -0.3 is 0 Å². The Kier molecular flexibility index (Phi) is 5.64. The first-order valence-corrected chi connectivity index (χ1v) is 13.9. The summed E-state index contributed by atoms with van der Waals surface area (Å²) in [4.78, 5) is 0. The van der Waals surface area contributed by atoms with E-state index in [0.29, 0.717) is 6.71 Å². The van der Waals surface area contributed by atoms with E-state index in [4.69, 9.17) is 22.2 Å². The second kappa shape index (κ2) is 7.96. The van der Waals surface area contributed by atoms with Crippen molar-refractivity contribution in [2.75, 3.05) is 0 Å². The third kappa shape index (κ3) is 3.70. The number of halogens is 2. The molecule has 0 spiro atoms. The van der Waals surface area contributed by atoms with Crippen molar-refractivity contribution in [2.45, 2.75) is 50.2 Å². The fourth-order valence-electron chi connectivity index (χ4n) is 5.12. The van der Waals surface area contributed by atoms with Gasteiger partial charge in [0.2, 0.25) is 0 Å². The summed E-state index contributed by atoms with van der Waals surface area (Å²) < 4.78 is 0. The van der Waals surface area contributed by atoms with E-state index in [-0.39, 0.29) is 0 Å². The molecule has 4 heteroatoms. The predicted octanol–water partition coefficient (Wildman–Crippen LogP) is 6.58. The van der Waals surface area contributed by atoms with Crippen molar-refractivity contribution < 1.29 is 0 Å². The number of fused-ring (bicyclic) bond motifs is 2. The van der Waals surface area contributed by atoms with Crippen LogP contribution in [0.2, 0.25) is 11.6 Å². The van der Waals surface area contributed by atoms with Crippen LogP contribution in [0, 0.1) is 0 Å². The van der Waals surface area contributed by atoms with Crippen molar-refractivity contribution in [1.29, 1.82) is 0 Å². The molecule has 4 rings (SSSR count). The van der Waals surface area contributed by atoms with Gasteiger partial charge >= 0.3 is 0 Å². The molecular formula is C22H25BCl2Si. The van der Waals surface area contributed by atoms with Gasteiger partial charge in [0, 0.05) is 0 Å². The van der Waals surface area contributed by atoms with Gasteiger partial charge in [-0.15, -0.1) is 22.2 Å². The van der Waals surface area contributed by atoms with Crippen LogP contribution in [0.25, 0.3) is 6.08 Å². The standard InChI is InChI=1S/C22H25BCl2Si/c24-26(25,21-15-5-2-6-16-21)22(17-18-9-3-1-4-10-18)23-19-11-7-12-20(23)14-8-13-19/h1-6,9-10,15-17,19-20H,7-8,11-14H2/b22-17-. The molecule has 2 bridgehead atoms. The summed E-state index contributed by atoms with van der Waals surface area (Å²) in [6, 6.07) is 21.0. The second-order valence-corrected chi connectivity index (χ2v) is 14.1. The first-order valence-electron chi connectivity index (χ1n) is 9.87. The molecule has 134 valence electrons. The van der Waals surface area contributed by atoms with Crippen LogP contribution in [0.3, 0.4) is 0 Å². The highest BCUT2D eigenvalue weighted by Crippen LogP contribution is 2.51. The molecular weight excluding hydrogens is 374 g/mol. The van der Waals surface area contributed by atoms with Gasteiger partial charge in [0.05, 0.1) is 0 Å². The zero-order chi connectivity index (χ0) is 18.0. The van der Waals surface area contributed by atoms with Crippen molar-refractivity contribution in [3.63, 3.8) is 0 Å². The predicted molar refractivity (Wildman–Crippen MR) is 119 cm³/mol. The average Bonchev–Trinajstić information content (AvgIpc) is 2.67. The number of rotatable bonds is 4. The van der Waals surface area contributed by atoms with Crippen molar-refractivity contribution in [2.24, 2.45) is 0 Å². The molecule has 0 saturated carbocycles. The molecule has 0 unspecified atom stereocenters. The molecule has 2 aromatic rings. The summed E-state index contributed by atoms with van der Waals surface area (Å²) >= 11 is 14.5. The van der Waals surface area contributed by atoms with Gasteiger partial charge in [-0.05, 0) is 10.8 Å². The zero-order valence-corrected chi connectivity index (χ0v) is 17.6. The molecule has 2 aliphatic heterocycles. The Hall–Kier alpha value is -0.958. The quantitative estimate of drug-likeness (QED) is 0.403. The van der Waals surface area contributed by atoms with Crippen LogP contribution < -0.4 is 5.19 Å². The number of hydrogen-bond donors (Lipinski definition) is 0. The second-order valence-electron chi connectivity index (χ2n) is 7.86. The van der Waals surface area contributed by atoms with E-state index < -0.39 is 6.69 Å². The SMILES string of the molecule is Cl[Si](Cl)(/C(=C\c1ccccc1)B1C2CCCC1CCC2)c1ccccc1. The largest absolute Gasteiger partial charge is 0.298 e. The molecule has 0 atom stereocenters. The highest BCUT2D eigenvalue weighted by Gasteiger charge is 2.49. The minimum atomic E-state index is -2.74. The molecule has 0 radical (unpaired) electrons. The van der Waals surface area contributed by atoms with Crippen LogP contribution in [0.15, 0.2) is 65.8 Å². The summed E-state index contributed by atoms with van der Waals surface area (Å²) in [6.45, 7) is -2.18. The van der Waals surface area contributed by atoms with Gasteiger partial charge in [-0.2, -0.15) is 0 Å². The smallest absolute Gasteiger partial charge is 0.135 e. The lowest BCUT2D eigenvalue weighted by atomic mass is 9.27. The molecule has 2 aromatic carbocycles. The minimum absolute atomic E-state index is 0.555. The highest BCUT2D eigenvalue weighted by atomic mass is 35.7. The third-order valence-electron chi connectivity index (χ3n) is 6.30. The topological polar surface area (TPSA) is 0 Å². The van der Waals surface area contributed by atoms with Crippen molar-refractivity contribution >= 4 is 46.8 Å². The fraction of sp³-hybridized carbons (Fsp3) is 0.364. The van der Waals surface area contributed by atoms with Crippen LogP contribution in [-0.2, 0) is 0 Å². The van der Waals surface area contributed by atoms with E-state index in [1.807, 2.05) is 6.07 Å².